The van der Waals surface area contributed by atoms with E-state index in [2.05, 4.69) is 63.4 Å². The van der Waals surface area contributed by atoms with Crippen molar-refractivity contribution in [3.05, 3.63) is 40.0 Å². The first-order valence-corrected chi connectivity index (χ1v) is 9.53. The summed E-state index contributed by atoms with van der Waals surface area (Å²) in [6.45, 7) is 9.81. The number of aliphatic imine (C=N–C) groups is 1. The minimum Gasteiger partial charge on any atom is -0.357 e. The number of anilines is 1. The highest BCUT2D eigenvalue weighted by molar-refractivity contribution is 7.11. The number of nitrogens with one attached hydrogen (secondary N) is 2. The van der Waals surface area contributed by atoms with Crippen molar-refractivity contribution in [2.75, 3.05) is 31.6 Å². The average molecular weight is 361 g/mol. The average Bonchev–Trinajstić information content (AvgIpc) is 3.05. The van der Waals surface area contributed by atoms with Gasteiger partial charge in [-0.1, -0.05) is 6.07 Å². The fourth-order valence-corrected chi connectivity index (χ4v) is 3.25. The molecule has 0 aromatic carbocycles. The zero-order valence-corrected chi connectivity index (χ0v) is 16.4. The van der Waals surface area contributed by atoms with Crippen LogP contribution in [-0.4, -0.2) is 42.6 Å². The molecular weight excluding hydrogens is 332 g/mol. The third-order valence-electron chi connectivity index (χ3n) is 3.88. The summed E-state index contributed by atoms with van der Waals surface area (Å²) in [6.07, 6.45) is 4.74. The number of nitrogens with zero attached hydrogens (tertiary/aromatic N) is 4. The van der Waals surface area contributed by atoms with Gasteiger partial charge in [0, 0.05) is 56.9 Å². The third-order valence-corrected chi connectivity index (χ3v) is 4.85. The molecule has 136 valence electrons. The van der Waals surface area contributed by atoms with Gasteiger partial charge in [0.2, 0.25) is 0 Å². The molecule has 0 atom stereocenters. The molecule has 0 bridgehead atoms. The molecule has 0 fully saturated rings. The van der Waals surface area contributed by atoms with Gasteiger partial charge in [-0.15, -0.1) is 11.3 Å². The van der Waals surface area contributed by atoms with E-state index in [-0.39, 0.29) is 0 Å². The molecule has 0 saturated carbocycles. The Morgan fingerprint density at radius 1 is 1.16 bits per heavy atom. The number of pyridine rings is 1. The molecule has 0 unspecified atom stereocenters. The summed E-state index contributed by atoms with van der Waals surface area (Å²) >= 11 is 1.74. The highest BCUT2D eigenvalue weighted by Crippen LogP contribution is 2.11. The molecule has 2 heterocycles. The van der Waals surface area contributed by atoms with Gasteiger partial charge < -0.3 is 15.5 Å². The molecule has 2 aromatic rings. The Hall–Kier alpha value is -2.15. The van der Waals surface area contributed by atoms with Crippen LogP contribution in [0.3, 0.4) is 0 Å². The second-order valence-electron chi connectivity index (χ2n) is 5.66. The standard InChI is InChI=1S/C18H28N6S/c1-5-24(6-2)16-8-7-15(12-21-16)13-23-18(19-4)20-10-9-17-22-11-14(3)25-17/h7-8,11-12H,5-6,9-10,13H2,1-4H3,(H2,19,20,23). The van der Waals surface area contributed by atoms with Crippen molar-refractivity contribution in [1.82, 2.24) is 20.6 Å². The smallest absolute Gasteiger partial charge is 0.191 e. The first kappa shape index (κ1) is 19.2. The van der Waals surface area contributed by atoms with Crippen molar-refractivity contribution in [2.45, 2.75) is 33.7 Å². The van der Waals surface area contributed by atoms with Gasteiger partial charge in [0.05, 0.1) is 5.01 Å². The third kappa shape index (κ3) is 6.01. The van der Waals surface area contributed by atoms with Crippen LogP contribution in [-0.2, 0) is 13.0 Å². The Bertz CT molecular complexity index is 660. The molecule has 0 saturated heterocycles. The van der Waals surface area contributed by atoms with Crippen LogP contribution in [0.15, 0.2) is 29.5 Å². The normalized spacial score (nSPS) is 11.4. The molecular formula is C18H28N6S. The SMILES string of the molecule is CCN(CC)c1ccc(CNC(=NC)NCCc2ncc(C)s2)cn1. The summed E-state index contributed by atoms with van der Waals surface area (Å²) in [7, 11) is 1.78. The molecule has 2 rings (SSSR count). The van der Waals surface area contributed by atoms with Gasteiger partial charge in [0.25, 0.3) is 0 Å². The van der Waals surface area contributed by atoms with E-state index in [9.17, 15) is 0 Å². The summed E-state index contributed by atoms with van der Waals surface area (Å²) in [6, 6.07) is 4.18. The van der Waals surface area contributed by atoms with Gasteiger partial charge in [0.15, 0.2) is 5.96 Å². The summed E-state index contributed by atoms with van der Waals surface area (Å²) in [5.74, 6) is 1.82. The lowest BCUT2D eigenvalue weighted by Gasteiger charge is -2.19. The van der Waals surface area contributed by atoms with Gasteiger partial charge >= 0.3 is 0 Å². The quantitative estimate of drug-likeness (QED) is 0.560. The fourth-order valence-electron chi connectivity index (χ4n) is 2.47. The van der Waals surface area contributed by atoms with Crippen LogP contribution in [0.4, 0.5) is 5.82 Å². The van der Waals surface area contributed by atoms with E-state index < -0.39 is 0 Å². The van der Waals surface area contributed by atoms with Crippen LogP contribution in [0.1, 0.15) is 29.3 Å². The molecule has 7 heteroatoms. The van der Waals surface area contributed by atoms with Crippen molar-refractivity contribution < 1.29 is 0 Å². The molecule has 25 heavy (non-hydrogen) atoms. The van der Waals surface area contributed by atoms with Crippen molar-refractivity contribution in [3.8, 4) is 0 Å². The Morgan fingerprint density at radius 2 is 1.96 bits per heavy atom. The molecule has 0 spiro atoms. The van der Waals surface area contributed by atoms with E-state index >= 15 is 0 Å². The largest absolute Gasteiger partial charge is 0.357 e. The van der Waals surface area contributed by atoms with E-state index in [1.807, 2.05) is 12.4 Å². The van der Waals surface area contributed by atoms with Crippen molar-refractivity contribution in [3.63, 3.8) is 0 Å². The van der Waals surface area contributed by atoms with Gasteiger partial charge in [0.1, 0.15) is 5.82 Å². The van der Waals surface area contributed by atoms with Crippen LogP contribution in [0.25, 0.3) is 0 Å². The lowest BCUT2D eigenvalue weighted by molar-refractivity contribution is 0.788. The van der Waals surface area contributed by atoms with Gasteiger partial charge in [-0.05, 0) is 32.4 Å². The summed E-state index contributed by atoms with van der Waals surface area (Å²) in [5.41, 5.74) is 1.13. The zero-order valence-electron chi connectivity index (χ0n) is 15.5. The molecule has 2 N–H and O–H groups in total. The first-order chi connectivity index (χ1) is 12.2. The van der Waals surface area contributed by atoms with Crippen LogP contribution in [0, 0.1) is 6.92 Å². The summed E-state index contributed by atoms with van der Waals surface area (Å²) in [5, 5.41) is 7.79. The first-order valence-electron chi connectivity index (χ1n) is 8.72. The Kier molecular flexibility index (Phi) is 7.66. The number of guanidine groups is 1. The highest BCUT2D eigenvalue weighted by atomic mass is 32.1. The van der Waals surface area contributed by atoms with Gasteiger partial charge in [-0.25, -0.2) is 9.97 Å². The molecule has 0 aliphatic rings. The van der Waals surface area contributed by atoms with Gasteiger partial charge in [-0.2, -0.15) is 0 Å². The summed E-state index contributed by atoms with van der Waals surface area (Å²) < 4.78 is 0. The van der Waals surface area contributed by atoms with Crippen molar-refractivity contribution in [1.29, 1.82) is 0 Å². The van der Waals surface area contributed by atoms with Crippen LogP contribution >= 0.6 is 11.3 Å². The predicted octanol–water partition coefficient (Wildman–Crippen LogP) is 2.60. The zero-order chi connectivity index (χ0) is 18.1. The second-order valence-corrected chi connectivity index (χ2v) is 6.98. The second kappa shape index (κ2) is 9.98. The molecule has 2 aromatic heterocycles. The van der Waals surface area contributed by atoms with Crippen molar-refractivity contribution >= 4 is 23.1 Å². The van der Waals surface area contributed by atoms with E-state index in [4.69, 9.17) is 0 Å². The van der Waals surface area contributed by atoms with Gasteiger partial charge in [-0.3, -0.25) is 4.99 Å². The molecule has 0 aliphatic heterocycles. The van der Waals surface area contributed by atoms with E-state index in [1.54, 1.807) is 18.4 Å². The molecule has 0 aliphatic carbocycles. The molecule has 0 amide bonds. The fraction of sp³-hybridized carbons (Fsp3) is 0.500. The number of rotatable bonds is 8. The van der Waals surface area contributed by atoms with E-state index in [0.717, 1.165) is 48.4 Å². The maximum Gasteiger partial charge on any atom is 0.191 e. The lowest BCUT2D eigenvalue weighted by Crippen LogP contribution is -2.37. The molecule has 0 radical (unpaired) electrons. The molecule has 6 nitrogen and oxygen atoms in total. The predicted molar refractivity (Wildman–Crippen MR) is 107 cm³/mol. The topological polar surface area (TPSA) is 65.4 Å². The minimum absolute atomic E-state index is 0.696. The Labute approximate surface area is 154 Å². The van der Waals surface area contributed by atoms with Crippen LogP contribution in [0.5, 0.6) is 0 Å². The van der Waals surface area contributed by atoms with E-state index in [0.29, 0.717) is 6.54 Å². The lowest BCUT2D eigenvalue weighted by atomic mass is 10.2. The number of aryl methyl sites for hydroxylation is 1. The monoisotopic (exact) mass is 360 g/mol. The van der Waals surface area contributed by atoms with Crippen LogP contribution < -0.4 is 15.5 Å². The number of hydrogen-bond acceptors (Lipinski definition) is 5. The maximum atomic E-state index is 4.55. The number of aromatic nitrogens is 2. The Balaban J connectivity index is 1.78. The van der Waals surface area contributed by atoms with Crippen molar-refractivity contribution in [2.24, 2.45) is 4.99 Å². The number of thiazole rings is 1. The maximum absolute atomic E-state index is 4.55. The highest BCUT2D eigenvalue weighted by Gasteiger charge is 2.04. The minimum atomic E-state index is 0.696. The summed E-state index contributed by atoms with van der Waals surface area (Å²) in [4.78, 5) is 16.7. The number of hydrogen-bond donors (Lipinski definition) is 2. The van der Waals surface area contributed by atoms with Crippen LogP contribution in [0.2, 0.25) is 0 Å². The van der Waals surface area contributed by atoms with E-state index in [1.165, 1.54) is 4.88 Å². The Morgan fingerprint density at radius 3 is 2.52 bits per heavy atom.